The Morgan fingerprint density at radius 1 is 1.14 bits per heavy atom. The van der Waals surface area contributed by atoms with Crippen molar-refractivity contribution < 1.29 is 14.3 Å². The molecule has 0 aliphatic carbocycles. The monoisotopic (exact) mass is 202 g/mol. The van der Waals surface area contributed by atoms with E-state index in [0.717, 1.165) is 0 Å². The number of amides is 1. The van der Waals surface area contributed by atoms with E-state index in [4.69, 9.17) is 20.9 Å². The van der Waals surface area contributed by atoms with Gasteiger partial charge in [0, 0.05) is 18.5 Å². The second kappa shape index (κ2) is 8.68. The quantitative estimate of drug-likeness (QED) is 0.386. The van der Waals surface area contributed by atoms with Crippen LogP contribution in [0.15, 0.2) is 12.2 Å². The first-order chi connectivity index (χ1) is 6.68. The lowest BCUT2D eigenvalue weighted by molar-refractivity contribution is -0.114. The fourth-order valence-electron chi connectivity index (χ4n) is 0.724. The highest BCUT2D eigenvalue weighted by molar-refractivity contribution is 5.91. The summed E-state index contributed by atoms with van der Waals surface area (Å²) in [6.07, 6.45) is 0.465. The van der Waals surface area contributed by atoms with Crippen LogP contribution in [0.25, 0.3) is 0 Å². The van der Waals surface area contributed by atoms with Crippen molar-refractivity contribution in [2.24, 2.45) is 11.5 Å². The molecule has 0 bridgehead atoms. The summed E-state index contributed by atoms with van der Waals surface area (Å²) in [5.41, 5.74) is 10.6. The Morgan fingerprint density at radius 2 is 1.71 bits per heavy atom. The highest BCUT2D eigenvalue weighted by Crippen LogP contribution is 1.96. The number of ether oxygens (including phenoxy) is 2. The lowest BCUT2D eigenvalue weighted by atomic mass is 10.2. The fraction of sp³-hybridized carbons (Fsp3) is 0.667. The highest BCUT2D eigenvalue weighted by atomic mass is 16.5. The average Bonchev–Trinajstić information content (AvgIpc) is 2.16. The summed E-state index contributed by atoms with van der Waals surface area (Å²) in [6, 6.07) is 0. The highest BCUT2D eigenvalue weighted by Gasteiger charge is 2.00. The van der Waals surface area contributed by atoms with Gasteiger partial charge in [0.25, 0.3) is 0 Å². The van der Waals surface area contributed by atoms with E-state index in [1.807, 2.05) is 0 Å². The summed E-state index contributed by atoms with van der Waals surface area (Å²) >= 11 is 0. The van der Waals surface area contributed by atoms with E-state index in [0.29, 0.717) is 45.0 Å². The molecule has 82 valence electrons. The SMILES string of the molecule is C=C(CCOCCOCCN)C(N)=O. The molecule has 0 aromatic heterocycles. The van der Waals surface area contributed by atoms with Crippen LogP contribution in [0, 0.1) is 0 Å². The van der Waals surface area contributed by atoms with Crippen LogP contribution in [-0.2, 0) is 14.3 Å². The summed E-state index contributed by atoms with van der Waals surface area (Å²) in [7, 11) is 0. The van der Waals surface area contributed by atoms with Gasteiger partial charge < -0.3 is 20.9 Å². The molecule has 0 unspecified atom stereocenters. The molecule has 4 N–H and O–H groups in total. The topological polar surface area (TPSA) is 87.6 Å². The molecule has 0 aliphatic heterocycles. The zero-order chi connectivity index (χ0) is 10.8. The first-order valence-corrected chi connectivity index (χ1v) is 4.51. The third-order valence-corrected chi connectivity index (χ3v) is 1.53. The van der Waals surface area contributed by atoms with Crippen molar-refractivity contribution in [3.05, 3.63) is 12.2 Å². The van der Waals surface area contributed by atoms with Crippen molar-refractivity contribution in [1.82, 2.24) is 0 Å². The van der Waals surface area contributed by atoms with Crippen LogP contribution in [0.1, 0.15) is 6.42 Å². The van der Waals surface area contributed by atoms with Crippen molar-refractivity contribution >= 4 is 5.91 Å². The van der Waals surface area contributed by atoms with Gasteiger partial charge in [-0.2, -0.15) is 0 Å². The van der Waals surface area contributed by atoms with Gasteiger partial charge in [-0.1, -0.05) is 6.58 Å². The van der Waals surface area contributed by atoms with Crippen LogP contribution in [0.5, 0.6) is 0 Å². The Bertz CT molecular complexity index is 183. The lowest BCUT2D eigenvalue weighted by Crippen LogP contribution is -2.15. The van der Waals surface area contributed by atoms with Gasteiger partial charge in [0.05, 0.1) is 26.4 Å². The van der Waals surface area contributed by atoms with E-state index in [1.165, 1.54) is 0 Å². The maximum Gasteiger partial charge on any atom is 0.244 e. The number of carbonyl (C=O) groups is 1. The average molecular weight is 202 g/mol. The van der Waals surface area contributed by atoms with Gasteiger partial charge in [0.15, 0.2) is 0 Å². The van der Waals surface area contributed by atoms with Crippen LogP contribution >= 0.6 is 0 Å². The molecule has 0 radical (unpaired) electrons. The molecule has 0 saturated heterocycles. The van der Waals surface area contributed by atoms with E-state index in [9.17, 15) is 4.79 Å². The first kappa shape index (κ1) is 13.1. The Labute approximate surface area is 84.0 Å². The van der Waals surface area contributed by atoms with Crippen LogP contribution in [0.2, 0.25) is 0 Å². The van der Waals surface area contributed by atoms with Crippen LogP contribution in [0.4, 0.5) is 0 Å². The standard InChI is InChI=1S/C9H18N2O3/c1-8(9(11)12)2-4-13-6-7-14-5-3-10/h1-7,10H2,(H2,11,12). The summed E-state index contributed by atoms with van der Waals surface area (Å²) in [5.74, 6) is -0.479. The normalized spacial score (nSPS) is 10.1. The Balaban J connectivity index is 3.13. The predicted molar refractivity (Wildman–Crippen MR) is 53.6 cm³/mol. The minimum atomic E-state index is -0.479. The molecule has 0 aromatic carbocycles. The van der Waals surface area contributed by atoms with E-state index < -0.39 is 5.91 Å². The summed E-state index contributed by atoms with van der Waals surface area (Å²) in [4.78, 5) is 10.5. The van der Waals surface area contributed by atoms with Crippen LogP contribution in [0.3, 0.4) is 0 Å². The Kier molecular flexibility index (Phi) is 8.11. The van der Waals surface area contributed by atoms with Crippen molar-refractivity contribution in [2.45, 2.75) is 6.42 Å². The summed E-state index contributed by atoms with van der Waals surface area (Å²) < 4.78 is 10.2. The number of primary amides is 1. The van der Waals surface area contributed by atoms with Crippen LogP contribution < -0.4 is 11.5 Å². The molecule has 0 atom stereocenters. The molecule has 0 aliphatic rings. The second-order valence-corrected chi connectivity index (χ2v) is 2.73. The molecule has 14 heavy (non-hydrogen) atoms. The number of hydrogen-bond acceptors (Lipinski definition) is 4. The molecule has 0 aromatic rings. The predicted octanol–water partition coefficient (Wildman–Crippen LogP) is -0.590. The minimum absolute atomic E-state index is 0.382. The molecular formula is C9H18N2O3. The smallest absolute Gasteiger partial charge is 0.244 e. The van der Waals surface area contributed by atoms with Crippen molar-refractivity contribution in [3.63, 3.8) is 0 Å². The number of nitrogens with two attached hydrogens (primary N) is 2. The van der Waals surface area contributed by atoms with E-state index in [1.54, 1.807) is 0 Å². The molecule has 0 saturated carbocycles. The van der Waals surface area contributed by atoms with Crippen molar-refractivity contribution in [3.8, 4) is 0 Å². The third kappa shape index (κ3) is 7.72. The zero-order valence-corrected chi connectivity index (χ0v) is 8.33. The first-order valence-electron chi connectivity index (χ1n) is 4.51. The molecule has 0 spiro atoms. The van der Waals surface area contributed by atoms with E-state index >= 15 is 0 Å². The summed E-state index contributed by atoms with van der Waals surface area (Å²) in [5, 5.41) is 0. The number of hydrogen-bond donors (Lipinski definition) is 2. The molecule has 5 nitrogen and oxygen atoms in total. The van der Waals surface area contributed by atoms with Crippen LogP contribution in [-0.4, -0.2) is 38.9 Å². The zero-order valence-electron chi connectivity index (χ0n) is 8.33. The molecule has 0 rings (SSSR count). The fourth-order valence-corrected chi connectivity index (χ4v) is 0.724. The van der Waals surface area contributed by atoms with Crippen molar-refractivity contribution in [1.29, 1.82) is 0 Å². The maximum atomic E-state index is 10.5. The molecular weight excluding hydrogens is 184 g/mol. The Hall–Kier alpha value is -0.910. The third-order valence-electron chi connectivity index (χ3n) is 1.53. The van der Waals surface area contributed by atoms with Gasteiger partial charge in [-0.3, -0.25) is 4.79 Å². The summed E-state index contributed by atoms with van der Waals surface area (Å²) in [6.45, 7) is 6.00. The van der Waals surface area contributed by atoms with Gasteiger partial charge in [0.1, 0.15) is 0 Å². The minimum Gasteiger partial charge on any atom is -0.379 e. The molecule has 1 amide bonds. The van der Waals surface area contributed by atoms with Gasteiger partial charge >= 0.3 is 0 Å². The Morgan fingerprint density at radius 3 is 2.21 bits per heavy atom. The van der Waals surface area contributed by atoms with E-state index in [2.05, 4.69) is 6.58 Å². The second-order valence-electron chi connectivity index (χ2n) is 2.73. The number of carbonyl (C=O) groups excluding carboxylic acids is 1. The van der Waals surface area contributed by atoms with Gasteiger partial charge in [0.2, 0.25) is 5.91 Å². The van der Waals surface area contributed by atoms with Gasteiger partial charge in [-0.25, -0.2) is 0 Å². The lowest BCUT2D eigenvalue weighted by Gasteiger charge is -2.04. The van der Waals surface area contributed by atoms with Gasteiger partial charge in [-0.05, 0) is 0 Å². The largest absolute Gasteiger partial charge is 0.379 e. The molecule has 0 heterocycles. The van der Waals surface area contributed by atoms with Gasteiger partial charge in [-0.15, -0.1) is 0 Å². The maximum absolute atomic E-state index is 10.5. The van der Waals surface area contributed by atoms with E-state index in [-0.39, 0.29) is 0 Å². The molecule has 5 heteroatoms. The van der Waals surface area contributed by atoms with Crippen molar-refractivity contribution in [2.75, 3.05) is 33.0 Å². The number of rotatable bonds is 9. The molecule has 0 fully saturated rings.